The molecule has 1 fully saturated rings. The summed E-state index contributed by atoms with van der Waals surface area (Å²) in [6.45, 7) is 6.59. The number of rotatable bonds is 22. The van der Waals surface area contributed by atoms with Crippen molar-refractivity contribution in [2.45, 2.75) is 96.5 Å². The molecule has 0 radical (unpaired) electrons. The molecule has 0 saturated heterocycles. The summed E-state index contributed by atoms with van der Waals surface area (Å²) in [5.41, 5.74) is 1.87. The first-order valence-electron chi connectivity index (χ1n) is 23.2. The minimum atomic E-state index is -3.61. The average molecular weight is 892 g/mol. The molecule has 1 aliphatic carbocycles. The van der Waals surface area contributed by atoms with Gasteiger partial charge in [0.2, 0.25) is 5.91 Å². The fraction of sp³-hybridized carbons (Fsp3) is 0.304. The van der Waals surface area contributed by atoms with E-state index < -0.39 is 14.3 Å². The van der Waals surface area contributed by atoms with E-state index in [4.69, 9.17) is 9.47 Å². The highest BCUT2D eigenvalue weighted by Crippen LogP contribution is 2.53. The number of hydrogen-bond acceptors (Lipinski definition) is 5. The quantitative estimate of drug-likeness (QED) is 0.0417. The summed E-state index contributed by atoms with van der Waals surface area (Å²) in [7, 11) is -7.22. The smallest absolute Gasteiger partial charge is 0.246 e. The van der Waals surface area contributed by atoms with Gasteiger partial charge in [-0.15, -0.1) is 0 Å². The minimum Gasteiger partial charge on any atom is -0.493 e. The van der Waals surface area contributed by atoms with Crippen LogP contribution in [0.25, 0.3) is 11.1 Å². The summed E-state index contributed by atoms with van der Waals surface area (Å²) in [5.74, 6) is 1.15. The van der Waals surface area contributed by atoms with E-state index in [0.29, 0.717) is 73.2 Å². The predicted octanol–water partition coefficient (Wildman–Crippen LogP) is 11.5. The molecule has 0 atom stereocenters. The van der Waals surface area contributed by atoms with Crippen molar-refractivity contribution >= 4 is 52.0 Å². The Morgan fingerprint density at radius 1 is 0.531 bits per heavy atom. The highest BCUT2D eigenvalue weighted by Gasteiger charge is 2.39. The van der Waals surface area contributed by atoms with E-state index in [1.54, 1.807) is 6.92 Å². The zero-order valence-corrected chi connectivity index (χ0v) is 39.1. The molecule has 1 aliphatic rings. The van der Waals surface area contributed by atoms with Crippen molar-refractivity contribution < 1.29 is 23.4 Å². The molecule has 1 N–H and O–H groups in total. The molecule has 1 saturated carbocycles. The first kappa shape index (κ1) is 46.6. The van der Waals surface area contributed by atoms with Crippen LogP contribution in [0.15, 0.2) is 170 Å². The van der Waals surface area contributed by atoms with Crippen molar-refractivity contribution in [2.24, 2.45) is 0 Å². The fourth-order valence-electron chi connectivity index (χ4n) is 8.88. The van der Waals surface area contributed by atoms with E-state index in [2.05, 4.69) is 11.9 Å². The van der Waals surface area contributed by atoms with Crippen LogP contribution >= 0.6 is 14.3 Å². The number of nitrogens with one attached hydrogen (secondary N) is 1. The van der Waals surface area contributed by atoms with Crippen LogP contribution in [-0.4, -0.2) is 25.2 Å². The van der Waals surface area contributed by atoms with E-state index in [0.717, 1.165) is 77.0 Å². The third-order valence-electron chi connectivity index (χ3n) is 12.3. The van der Waals surface area contributed by atoms with Crippen LogP contribution in [-0.2, 0) is 13.9 Å². The molecule has 6 aromatic rings. The standard InChI is InChI=1S/C56H63NO5P2/c1-44(2)56(58)57-42-24-7-5-3-4-6-8-25-43-61-50-38-26-40-52(63(59,46-30-16-10-17-31-46)47-32-18-11-19-33-47)54(50)55-51(62-45-28-14-9-15-29-45)39-27-41-53(55)64(60,48-34-20-12-21-35-48)49-36-22-13-23-37-49/h10-13,16-23,26-27,30-41,45H,1,3-9,14-15,24-25,28-29,42-43H2,2H3,(H,57,58). The molecule has 8 heteroatoms. The number of hydrogen-bond donors (Lipinski definition) is 1. The van der Waals surface area contributed by atoms with Gasteiger partial charge in [0.15, 0.2) is 14.3 Å². The number of unbranched alkanes of at least 4 members (excludes halogenated alkanes) is 7. The van der Waals surface area contributed by atoms with Crippen molar-refractivity contribution in [3.8, 4) is 22.6 Å². The van der Waals surface area contributed by atoms with Gasteiger partial charge in [-0.2, -0.15) is 0 Å². The number of ether oxygens (including phenoxy) is 2. The van der Waals surface area contributed by atoms with Gasteiger partial charge in [-0.1, -0.05) is 185 Å². The highest BCUT2D eigenvalue weighted by molar-refractivity contribution is 7.86. The molecule has 7 rings (SSSR count). The van der Waals surface area contributed by atoms with Crippen molar-refractivity contribution in [2.75, 3.05) is 13.2 Å². The summed E-state index contributed by atoms with van der Waals surface area (Å²) < 4.78 is 47.2. The summed E-state index contributed by atoms with van der Waals surface area (Å²) in [6, 6.07) is 50.9. The SMILES string of the molecule is C=C(C)C(=O)NCCCCCCCCCCOc1cccc(P(=O)(c2ccccc2)c2ccccc2)c1-c1c(OC2CCCCC2)cccc1P(=O)(c1ccccc1)c1ccccc1. The lowest BCUT2D eigenvalue weighted by Crippen LogP contribution is -2.31. The largest absolute Gasteiger partial charge is 0.493 e. The van der Waals surface area contributed by atoms with Crippen LogP contribution in [0.4, 0.5) is 0 Å². The zero-order chi connectivity index (χ0) is 44.6. The van der Waals surface area contributed by atoms with E-state index in [1.165, 1.54) is 6.42 Å². The Kier molecular flexibility index (Phi) is 16.7. The van der Waals surface area contributed by atoms with Gasteiger partial charge in [0, 0.05) is 55.1 Å². The molecule has 0 bridgehead atoms. The van der Waals surface area contributed by atoms with E-state index in [1.807, 2.05) is 158 Å². The van der Waals surface area contributed by atoms with E-state index >= 15 is 9.13 Å². The lowest BCUT2D eigenvalue weighted by molar-refractivity contribution is -0.117. The van der Waals surface area contributed by atoms with Crippen LogP contribution in [0.3, 0.4) is 0 Å². The van der Waals surface area contributed by atoms with Gasteiger partial charge < -0.3 is 23.9 Å². The summed E-state index contributed by atoms with van der Waals surface area (Å²) >= 11 is 0. The highest BCUT2D eigenvalue weighted by atomic mass is 31.2. The number of carbonyl (C=O) groups excluding carboxylic acids is 1. The Hall–Kier alpha value is -5.41. The molecule has 6 aromatic carbocycles. The molecule has 0 aromatic heterocycles. The molecular formula is C56H63NO5P2. The first-order valence-corrected chi connectivity index (χ1v) is 26.7. The van der Waals surface area contributed by atoms with Crippen molar-refractivity contribution in [1.29, 1.82) is 0 Å². The molecule has 332 valence electrons. The Morgan fingerprint density at radius 2 is 0.938 bits per heavy atom. The van der Waals surface area contributed by atoms with Gasteiger partial charge in [0.1, 0.15) is 11.5 Å². The second-order valence-electron chi connectivity index (χ2n) is 17.0. The summed E-state index contributed by atoms with van der Waals surface area (Å²) in [4.78, 5) is 11.8. The molecule has 0 spiro atoms. The fourth-order valence-corrected chi connectivity index (χ4v) is 14.6. The molecule has 0 aliphatic heterocycles. The normalized spacial score (nSPS) is 13.3. The zero-order valence-electron chi connectivity index (χ0n) is 37.3. The van der Waals surface area contributed by atoms with Gasteiger partial charge >= 0.3 is 0 Å². The molecule has 64 heavy (non-hydrogen) atoms. The van der Waals surface area contributed by atoms with E-state index in [-0.39, 0.29) is 12.0 Å². The van der Waals surface area contributed by atoms with Gasteiger partial charge in [-0.05, 0) is 69.7 Å². The van der Waals surface area contributed by atoms with Gasteiger partial charge in [0.05, 0.1) is 12.7 Å². The Balaban J connectivity index is 1.31. The van der Waals surface area contributed by atoms with Crippen LogP contribution in [0.5, 0.6) is 11.5 Å². The maximum atomic E-state index is 16.6. The van der Waals surface area contributed by atoms with Crippen molar-refractivity contribution in [3.05, 3.63) is 170 Å². The first-order chi connectivity index (χ1) is 31.3. The lowest BCUT2D eigenvalue weighted by atomic mass is 9.97. The monoisotopic (exact) mass is 891 g/mol. The third-order valence-corrected chi connectivity index (χ3v) is 18.5. The summed E-state index contributed by atoms with van der Waals surface area (Å²) in [5, 5.41) is 7.00. The Morgan fingerprint density at radius 3 is 1.39 bits per heavy atom. The van der Waals surface area contributed by atoms with Crippen LogP contribution < -0.4 is 46.6 Å². The van der Waals surface area contributed by atoms with Crippen molar-refractivity contribution in [3.63, 3.8) is 0 Å². The second kappa shape index (κ2) is 23.0. The van der Waals surface area contributed by atoms with E-state index in [9.17, 15) is 4.79 Å². The number of carbonyl (C=O) groups is 1. The minimum absolute atomic E-state index is 0.00966. The second-order valence-corrected chi connectivity index (χ2v) is 22.4. The molecule has 0 heterocycles. The van der Waals surface area contributed by atoms with Gasteiger partial charge in [0.25, 0.3) is 0 Å². The van der Waals surface area contributed by atoms with Gasteiger partial charge in [-0.25, -0.2) is 0 Å². The Bertz CT molecular complexity index is 2430. The molecule has 1 amide bonds. The third kappa shape index (κ3) is 11.1. The summed E-state index contributed by atoms with van der Waals surface area (Å²) in [6.07, 6.45) is 13.7. The molecule has 6 nitrogen and oxygen atoms in total. The predicted molar refractivity (Wildman–Crippen MR) is 268 cm³/mol. The maximum Gasteiger partial charge on any atom is 0.246 e. The topological polar surface area (TPSA) is 81.7 Å². The number of amides is 1. The van der Waals surface area contributed by atoms with Gasteiger partial charge in [-0.3, -0.25) is 4.79 Å². The molecular weight excluding hydrogens is 829 g/mol. The number of benzene rings is 6. The maximum absolute atomic E-state index is 16.6. The van der Waals surface area contributed by atoms with Crippen LogP contribution in [0.1, 0.15) is 90.4 Å². The lowest BCUT2D eigenvalue weighted by Gasteiger charge is -2.30. The van der Waals surface area contributed by atoms with Crippen molar-refractivity contribution in [1.82, 2.24) is 5.32 Å². The molecule has 0 unspecified atom stereocenters. The Labute approximate surface area is 381 Å². The van der Waals surface area contributed by atoms with Crippen LogP contribution in [0.2, 0.25) is 0 Å². The average Bonchev–Trinajstić information content (AvgIpc) is 3.35. The van der Waals surface area contributed by atoms with Crippen LogP contribution in [0, 0.1) is 0 Å².